The van der Waals surface area contributed by atoms with Crippen LogP contribution < -0.4 is 0 Å². The first-order valence-corrected chi connectivity index (χ1v) is 10.9. The van der Waals surface area contributed by atoms with E-state index in [0.717, 1.165) is 35.7 Å². The first-order chi connectivity index (χ1) is 14.3. The molecule has 1 aromatic carbocycles. The van der Waals surface area contributed by atoms with Crippen LogP contribution in [0.3, 0.4) is 0 Å². The highest BCUT2D eigenvalue weighted by Gasteiger charge is 2.27. The number of imidazole rings is 1. The normalized spacial score (nSPS) is 11.9. The van der Waals surface area contributed by atoms with E-state index in [4.69, 9.17) is 16.6 Å². The Bertz CT molecular complexity index is 969. The molecule has 3 aromatic rings. The minimum atomic E-state index is -0.0523. The van der Waals surface area contributed by atoms with Gasteiger partial charge in [-0.25, -0.2) is 4.98 Å². The van der Waals surface area contributed by atoms with Crippen LogP contribution in [0, 0.1) is 0 Å². The maximum Gasteiger partial charge on any atom is 0.134 e. The number of halogens is 1. The third-order valence-corrected chi connectivity index (χ3v) is 6.00. The van der Waals surface area contributed by atoms with E-state index < -0.39 is 0 Å². The third-order valence-electron chi connectivity index (χ3n) is 5.68. The van der Waals surface area contributed by atoms with Crippen LogP contribution in [0.5, 0.6) is 5.75 Å². The molecule has 0 atom stereocenters. The summed E-state index contributed by atoms with van der Waals surface area (Å²) in [5, 5.41) is 10.4. The fourth-order valence-corrected chi connectivity index (χ4v) is 3.62. The fraction of sp³-hybridized carbons (Fsp3) is 0.417. The van der Waals surface area contributed by atoms with Crippen LogP contribution in [-0.2, 0) is 6.42 Å². The quantitative estimate of drug-likeness (QED) is 0.443. The highest BCUT2D eigenvalue weighted by molar-refractivity contribution is 6.32. The molecule has 0 aliphatic rings. The molecule has 2 aromatic heterocycles. The van der Waals surface area contributed by atoms with Crippen LogP contribution in [0.15, 0.2) is 48.9 Å². The molecule has 6 heteroatoms. The molecule has 3 rings (SSSR count). The van der Waals surface area contributed by atoms with E-state index in [1.54, 1.807) is 24.5 Å². The average molecular weight is 427 g/mol. The van der Waals surface area contributed by atoms with Gasteiger partial charge in [0.05, 0.1) is 10.7 Å². The van der Waals surface area contributed by atoms with Crippen LogP contribution >= 0.6 is 11.6 Å². The first-order valence-electron chi connectivity index (χ1n) is 10.5. The molecule has 0 aliphatic carbocycles. The molecule has 0 spiro atoms. The summed E-state index contributed by atoms with van der Waals surface area (Å²) in [7, 11) is 2.19. The second-order valence-electron chi connectivity index (χ2n) is 8.40. The average Bonchev–Trinajstić information content (AvgIpc) is 3.14. The summed E-state index contributed by atoms with van der Waals surface area (Å²) in [5.41, 5.74) is 2.60. The van der Waals surface area contributed by atoms with Crippen molar-refractivity contribution in [3.05, 3.63) is 59.8 Å². The predicted octanol–water partition coefficient (Wildman–Crippen LogP) is 5.74. The summed E-state index contributed by atoms with van der Waals surface area (Å²) in [5.74, 6) is 1.03. The van der Waals surface area contributed by atoms with Gasteiger partial charge in [0, 0.05) is 41.8 Å². The summed E-state index contributed by atoms with van der Waals surface area (Å²) < 4.78 is 2.12. The Morgan fingerprint density at radius 2 is 1.87 bits per heavy atom. The Hall–Kier alpha value is -2.37. The minimum Gasteiger partial charge on any atom is -0.506 e. The molecule has 0 fully saturated rings. The number of likely N-dealkylation sites (N-methyl/N-ethyl adjacent to an activating group) is 1. The smallest absolute Gasteiger partial charge is 0.134 e. The lowest BCUT2D eigenvalue weighted by Crippen LogP contribution is -2.44. The van der Waals surface area contributed by atoms with Crippen LogP contribution in [-0.4, -0.2) is 43.7 Å². The van der Waals surface area contributed by atoms with Gasteiger partial charge in [0.25, 0.3) is 0 Å². The molecule has 0 bridgehead atoms. The minimum absolute atomic E-state index is 0.0523. The molecule has 0 saturated heterocycles. The van der Waals surface area contributed by atoms with Crippen LogP contribution in [0.25, 0.3) is 16.9 Å². The van der Waals surface area contributed by atoms with E-state index in [0.29, 0.717) is 5.02 Å². The van der Waals surface area contributed by atoms with Gasteiger partial charge < -0.3 is 14.6 Å². The van der Waals surface area contributed by atoms with Gasteiger partial charge in [0.15, 0.2) is 0 Å². The van der Waals surface area contributed by atoms with E-state index in [1.807, 2.05) is 24.4 Å². The molecule has 0 unspecified atom stereocenters. The van der Waals surface area contributed by atoms with Crippen molar-refractivity contribution in [1.82, 2.24) is 19.4 Å². The monoisotopic (exact) mass is 426 g/mol. The van der Waals surface area contributed by atoms with Gasteiger partial charge >= 0.3 is 0 Å². The van der Waals surface area contributed by atoms with Crippen molar-refractivity contribution in [1.29, 1.82) is 0 Å². The molecule has 0 saturated carbocycles. The van der Waals surface area contributed by atoms with Gasteiger partial charge in [-0.2, -0.15) is 0 Å². The maximum atomic E-state index is 10.0. The van der Waals surface area contributed by atoms with Crippen molar-refractivity contribution < 1.29 is 5.11 Å². The van der Waals surface area contributed by atoms with Crippen LogP contribution in [0.2, 0.25) is 5.02 Å². The van der Waals surface area contributed by atoms with Crippen molar-refractivity contribution >= 4 is 11.6 Å². The molecular formula is C24H31ClN4O. The maximum absolute atomic E-state index is 10.0. The zero-order valence-corrected chi connectivity index (χ0v) is 19.0. The summed E-state index contributed by atoms with van der Waals surface area (Å²) in [6, 6.07) is 9.20. The lowest BCUT2D eigenvalue weighted by Gasteiger charge is -2.35. The molecule has 0 aliphatic heterocycles. The van der Waals surface area contributed by atoms with Gasteiger partial charge in [0.2, 0.25) is 0 Å². The number of aromatic hydroxyl groups is 1. The SMILES string of the molecule is CCCCCN(C)C(C)(C)Cc1nc(-c2ccc(Cl)c(O)c2)cn1-c1ccncc1. The van der Waals surface area contributed by atoms with Crippen molar-refractivity contribution in [3.8, 4) is 22.7 Å². The van der Waals surface area contributed by atoms with Crippen molar-refractivity contribution in [3.63, 3.8) is 0 Å². The van der Waals surface area contributed by atoms with Crippen LogP contribution in [0.4, 0.5) is 0 Å². The second kappa shape index (κ2) is 9.63. The van der Waals surface area contributed by atoms with Crippen molar-refractivity contribution in [2.24, 2.45) is 0 Å². The number of unbranched alkanes of at least 4 members (excludes halogenated alkanes) is 2. The number of rotatable bonds is 9. The van der Waals surface area contributed by atoms with Gasteiger partial charge in [-0.3, -0.25) is 4.98 Å². The molecule has 0 radical (unpaired) electrons. The first kappa shape index (κ1) is 22.3. The van der Waals surface area contributed by atoms with Crippen molar-refractivity contribution in [2.75, 3.05) is 13.6 Å². The standard InChI is InChI=1S/C24H31ClN4O/c1-5-6-7-14-28(4)24(2,3)16-23-27-21(18-8-9-20(25)22(30)15-18)17-29(23)19-10-12-26-13-11-19/h8-13,15,17,30H,5-7,14,16H2,1-4H3. The molecule has 5 nitrogen and oxygen atoms in total. The van der Waals surface area contributed by atoms with Gasteiger partial charge in [-0.15, -0.1) is 0 Å². The lowest BCUT2D eigenvalue weighted by molar-refractivity contribution is 0.150. The highest BCUT2D eigenvalue weighted by Crippen LogP contribution is 2.31. The molecule has 2 heterocycles. The van der Waals surface area contributed by atoms with E-state index in [1.165, 1.54) is 19.3 Å². The topological polar surface area (TPSA) is 54.2 Å². The van der Waals surface area contributed by atoms with E-state index >= 15 is 0 Å². The Morgan fingerprint density at radius 1 is 1.13 bits per heavy atom. The third kappa shape index (κ3) is 5.21. The van der Waals surface area contributed by atoms with E-state index in [2.05, 4.69) is 42.3 Å². The number of phenols is 1. The zero-order valence-electron chi connectivity index (χ0n) is 18.3. The van der Waals surface area contributed by atoms with Crippen LogP contribution in [0.1, 0.15) is 45.9 Å². The van der Waals surface area contributed by atoms with Gasteiger partial charge in [0.1, 0.15) is 11.6 Å². The summed E-state index contributed by atoms with van der Waals surface area (Å²) >= 11 is 5.99. The van der Waals surface area contributed by atoms with Gasteiger partial charge in [-0.1, -0.05) is 37.4 Å². The number of nitrogens with zero attached hydrogens (tertiary/aromatic N) is 4. The summed E-state index contributed by atoms with van der Waals surface area (Å²) in [6.07, 6.45) is 10.0. The number of benzene rings is 1. The molecule has 0 amide bonds. The summed E-state index contributed by atoms with van der Waals surface area (Å²) in [6.45, 7) is 7.82. The van der Waals surface area contributed by atoms with E-state index in [9.17, 15) is 5.11 Å². The Kier molecular flexibility index (Phi) is 7.16. The molecule has 30 heavy (non-hydrogen) atoms. The number of aromatic nitrogens is 3. The van der Waals surface area contributed by atoms with Gasteiger partial charge in [-0.05, 0) is 58.1 Å². The Balaban J connectivity index is 1.95. The fourth-order valence-electron chi connectivity index (χ4n) is 3.51. The lowest BCUT2D eigenvalue weighted by atomic mass is 9.97. The molecular weight excluding hydrogens is 396 g/mol. The Labute approximate surface area is 184 Å². The molecule has 1 N–H and O–H groups in total. The largest absolute Gasteiger partial charge is 0.506 e. The number of phenolic OH excluding ortho intramolecular Hbond substituents is 1. The number of hydrogen-bond donors (Lipinski definition) is 1. The predicted molar refractivity (Wildman–Crippen MR) is 123 cm³/mol. The second-order valence-corrected chi connectivity index (χ2v) is 8.81. The molecule has 160 valence electrons. The number of pyridine rings is 1. The van der Waals surface area contributed by atoms with Crippen molar-refractivity contribution in [2.45, 2.75) is 52.0 Å². The summed E-state index contributed by atoms with van der Waals surface area (Å²) in [4.78, 5) is 11.5. The zero-order chi connectivity index (χ0) is 21.7. The Morgan fingerprint density at radius 3 is 2.53 bits per heavy atom. The number of hydrogen-bond acceptors (Lipinski definition) is 4. The highest BCUT2D eigenvalue weighted by atomic mass is 35.5. The van der Waals surface area contributed by atoms with E-state index in [-0.39, 0.29) is 11.3 Å².